The van der Waals surface area contributed by atoms with E-state index in [2.05, 4.69) is 10.4 Å². The molecular weight excluding hydrogens is 448 g/mol. The summed E-state index contributed by atoms with van der Waals surface area (Å²) in [4.78, 5) is 27.4. The largest absolute Gasteiger partial charge is 0.452 e. The highest BCUT2D eigenvalue weighted by atomic mass is 35.5. The van der Waals surface area contributed by atoms with E-state index in [0.717, 1.165) is 21.5 Å². The van der Waals surface area contributed by atoms with Gasteiger partial charge in [0, 0.05) is 28.8 Å². The predicted octanol–water partition coefficient (Wildman–Crippen LogP) is 5.56. The van der Waals surface area contributed by atoms with Crippen molar-refractivity contribution in [3.8, 4) is 0 Å². The van der Waals surface area contributed by atoms with E-state index in [4.69, 9.17) is 16.3 Å². The van der Waals surface area contributed by atoms with Crippen molar-refractivity contribution in [3.63, 3.8) is 0 Å². The van der Waals surface area contributed by atoms with Gasteiger partial charge >= 0.3 is 6.09 Å². The van der Waals surface area contributed by atoms with E-state index in [9.17, 15) is 9.59 Å². The van der Waals surface area contributed by atoms with Gasteiger partial charge in [0.05, 0.1) is 24.2 Å². The average Bonchev–Trinajstić information content (AvgIpc) is 3.36. The molecule has 2 heterocycles. The minimum atomic E-state index is -0.465. The van der Waals surface area contributed by atoms with E-state index in [0.29, 0.717) is 27.8 Å². The molecule has 0 atom stereocenters. The van der Waals surface area contributed by atoms with Crippen LogP contribution in [0.3, 0.4) is 0 Å². The molecular formula is C23H21ClN4O3S. The second-order valence-corrected chi connectivity index (χ2v) is 8.63. The third-order valence-electron chi connectivity index (χ3n) is 5.07. The Morgan fingerprint density at radius 1 is 1.19 bits per heavy atom. The van der Waals surface area contributed by atoms with E-state index in [-0.39, 0.29) is 5.91 Å². The zero-order chi connectivity index (χ0) is 22.8. The maximum Gasteiger partial charge on any atom is 0.413 e. The van der Waals surface area contributed by atoms with E-state index in [1.807, 2.05) is 41.9 Å². The average molecular weight is 469 g/mol. The molecule has 0 aliphatic heterocycles. The van der Waals surface area contributed by atoms with Crippen LogP contribution in [-0.2, 0) is 11.3 Å². The van der Waals surface area contributed by atoms with Crippen molar-refractivity contribution in [2.45, 2.75) is 13.5 Å². The molecule has 2 amide bonds. The van der Waals surface area contributed by atoms with Crippen molar-refractivity contribution in [1.82, 2.24) is 9.78 Å². The van der Waals surface area contributed by atoms with Gasteiger partial charge in [-0.25, -0.2) is 4.79 Å². The summed E-state index contributed by atoms with van der Waals surface area (Å²) in [7, 11) is 2.94. The summed E-state index contributed by atoms with van der Waals surface area (Å²) in [5.41, 5.74) is 3.11. The van der Waals surface area contributed by atoms with Crippen molar-refractivity contribution >= 4 is 56.5 Å². The number of rotatable bonds is 5. The van der Waals surface area contributed by atoms with Gasteiger partial charge in [-0.05, 0) is 48.9 Å². The number of aryl methyl sites for hydroxylation is 1. The third-order valence-corrected chi connectivity index (χ3v) is 6.59. The molecule has 0 aliphatic rings. The number of hydrogen-bond donors (Lipinski definition) is 1. The molecule has 1 N–H and O–H groups in total. The van der Waals surface area contributed by atoms with Gasteiger partial charge in [0.1, 0.15) is 4.83 Å². The molecule has 0 radical (unpaired) electrons. The minimum absolute atomic E-state index is 0.205. The molecule has 9 heteroatoms. The number of nitrogens with one attached hydrogen (secondary N) is 1. The summed E-state index contributed by atoms with van der Waals surface area (Å²) in [6.07, 6.45) is -0.465. The summed E-state index contributed by atoms with van der Waals surface area (Å²) in [6.45, 7) is 2.46. The second-order valence-electron chi connectivity index (χ2n) is 7.19. The zero-order valence-corrected chi connectivity index (χ0v) is 19.3. The molecule has 32 heavy (non-hydrogen) atoms. The van der Waals surface area contributed by atoms with Crippen LogP contribution in [0.15, 0.2) is 54.6 Å². The van der Waals surface area contributed by atoms with Gasteiger partial charge in [-0.3, -0.25) is 14.4 Å². The number of halogens is 1. The summed E-state index contributed by atoms with van der Waals surface area (Å²) in [5.74, 6) is -0.205. The quantitative estimate of drug-likeness (QED) is 0.416. The molecule has 0 unspecified atom stereocenters. The number of anilines is 2. The number of benzene rings is 2. The van der Waals surface area contributed by atoms with Crippen molar-refractivity contribution in [3.05, 3.63) is 75.8 Å². The smallest absolute Gasteiger partial charge is 0.413 e. The lowest BCUT2D eigenvalue weighted by Gasteiger charge is -2.15. The molecule has 0 bridgehead atoms. The van der Waals surface area contributed by atoms with E-state index in [1.165, 1.54) is 23.3 Å². The SMILES string of the molecule is COC(=O)N(C)c1ccc(NC(=O)c2cc3c(C)nn(Cc4ccccc4Cl)c3s2)cc1. The fraction of sp³-hybridized carbons (Fsp3) is 0.174. The number of thiophene rings is 1. The fourth-order valence-corrected chi connectivity index (χ4v) is 4.57. The van der Waals surface area contributed by atoms with Gasteiger partial charge in [0.15, 0.2) is 0 Å². The highest BCUT2D eigenvalue weighted by Gasteiger charge is 2.17. The van der Waals surface area contributed by atoms with Gasteiger partial charge in [-0.1, -0.05) is 29.8 Å². The molecule has 164 valence electrons. The van der Waals surface area contributed by atoms with Crippen molar-refractivity contribution < 1.29 is 14.3 Å². The summed E-state index contributed by atoms with van der Waals surface area (Å²) in [6, 6.07) is 16.5. The maximum atomic E-state index is 12.9. The molecule has 4 aromatic rings. The summed E-state index contributed by atoms with van der Waals surface area (Å²) < 4.78 is 6.59. The molecule has 2 aromatic heterocycles. The van der Waals surface area contributed by atoms with Crippen molar-refractivity contribution in [2.75, 3.05) is 24.4 Å². The van der Waals surface area contributed by atoms with Crippen LogP contribution in [0.1, 0.15) is 20.9 Å². The van der Waals surface area contributed by atoms with Crippen molar-refractivity contribution in [1.29, 1.82) is 0 Å². The molecule has 0 fully saturated rings. The van der Waals surface area contributed by atoms with E-state index >= 15 is 0 Å². The molecule has 0 spiro atoms. The molecule has 0 saturated heterocycles. The molecule has 7 nitrogen and oxygen atoms in total. The Hall–Kier alpha value is -3.36. The number of ether oxygens (including phenoxy) is 1. The van der Waals surface area contributed by atoms with Crippen LogP contribution < -0.4 is 10.2 Å². The number of methoxy groups -OCH3 is 1. The number of carbonyl (C=O) groups excluding carboxylic acids is 2. The first-order chi connectivity index (χ1) is 15.4. The first-order valence-corrected chi connectivity index (χ1v) is 11.0. The zero-order valence-electron chi connectivity index (χ0n) is 17.8. The molecule has 0 saturated carbocycles. The van der Waals surface area contributed by atoms with Crippen LogP contribution in [0.5, 0.6) is 0 Å². The lowest BCUT2D eigenvalue weighted by atomic mass is 10.2. The third kappa shape index (κ3) is 4.32. The number of fused-ring (bicyclic) bond motifs is 1. The number of nitrogens with zero attached hydrogens (tertiary/aromatic N) is 3. The van der Waals surface area contributed by atoms with Crippen LogP contribution in [0.4, 0.5) is 16.2 Å². The standard InChI is InChI=1S/C23H21ClN4O3S/c1-14-18-12-20(32-22(18)28(26-14)13-15-6-4-5-7-19(15)24)21(29)25-16-8-10-17(11-9-16)27(2)23(30)31-3/h4-12H,13H2,1-3H3,(H,25,29). The highest BCUT2D eigenvalue weighted by Crippen LogP contribution is 2.30. The van der Waals surface area contributed by atoms with Gasteiger partial charge in [-0.15, -0.1) is 11.3 Å². The monoisotopic (exact) mass is 468 g/mol. The molecule has 2 aromatic carbocycles. The Kier molecular flexibility index (Phi) is 6.16. The first-order valence-electron chi connectivity index (χ1n) is 9.81. The Balaban J connectivity index is 1.53. The van der Waals surface area contributed by atoms with Crippen LogP contribution in [-0.4, -0.2) is 35.9 Å². The Morgan fingerprint density at radius 3 is 2.59 bits per heavy atom. The van der Waals surface area contributed by atoms with Gasteiger partial charge in [-0.2, -0.15) is 5.10 Å². The predicted molar refractivity (Wildman–Crippen MR) is 128 cm³/mol. The van der Waals surface area contributed by atoms with Gasteiger partial charge in [0.25, 0.3) is 5.91 Å². The maximum absolute atomic E-state index is 12.9. The number of amides is 2. The Morgan fingerprint density at radius 2 is 1.91 bits per heavy atom. The highest BCUT2D eigenvalue weighted by molar-refractivity contribution is 7.20. The van der Waals surface area contributed by atoms with Crippen LogP contribution in [0.2, 0.25) is 5.02 Å². The minimum Gasteiger partial charge on any atom is -0.452 e. The molecule has 4 rings (SSSR count). The summed E-state index contributed by atoms with van der Waals surface area (Å²) >= 11 is 7.69. The topological polar surface area (TPSA) is 76.5 Å². The normalized spacial score (nSPS) is 10.9. The Bertz CT molecular complexity index is 1300. The number of aromatic nitrogens is 2. The number of hydrogen-bond acceptors (Lipinski definition) is 5. The van der Waals surface area contributed by atoms with Gasteiger partial charge in [0.2, 0.25) is 0 Å². The number of carbonyl (C=O) groups is 2. The van der Waals surface area contributed by atoms with Crippen LogP contribution in [0.25, 0.3) is 10.2 Å². The van der Waals surface area contributed by atoms with E-state index in [1.54, 1.807) is 31.3 Å². The van der Waals surface area contributed by atoms with Crippen molar-refractivity contribution in [2.24, 2.45) is 0 Å². The van der Waals surface area contributed by atoms with E-state index < -0.39 is 6.09 Å². The molecule has 0 aliphatic carbocycles. The lowest BCUT2D eigenvalue weighted by molar-refractivity contribution is 0.103. The first kappa shape index (κ1) is 21.9. The van der Waals surface area contributed by atoms with Crippen LogP contribution >= 0.6 is 22.9 Å². The van der Waals surface area contributed by atoms with Crippen LogP contribution in [0, 0.1) is 6.92 Å². The Labute approximate surface area is 194 Å². The summed E-state index contributed by atoms with van der Waals surface area (Å²) in [5, 5.41) is 9.15. The fourth-order valence-electron chi connectivity index (χ4n) is 3.32. The second kappa shape index (κ2) is 9.02. The van der Waals surface area contributed by atoms with Gasteiger partial charge < -0.3 is 10.1 Å². The lowest BCUT2D eigenvalue weighted by Crippen LogP contribution is -2.25.